The third-order valence-electron chi connectivity index (χ3n) is 3.78. The smallest absolute Gasteiger partial charge is 0.0897 e. The third-order valence-corrected chi connectivity index (χ3v) is 4.15. The molecule has 1 aromatic carbocycles. The summed E-state index contributed by atoms with van der Waals surface area (Å²) >= 11 is 6.06. The van der Waals surface area contributed by atoms with Gasteiger partial charge in [0, 0.05) is 36.7 Å². The molecule has 4 nitrogen and oxygen atoms in total. The van der Waals surface area contributed by atoms with Crippen LogP contribution >= 0.6 is 11.6 Å². The van der Waals surface area contributed by atoms with Crippen LogP contribution in [-0.4, -0.2) is 54.4 Å². The summed E-state index contributed by atoms with van der Waals surface area (Å²) in [5, 5.41) is 13.9. The Labute approximate surface area is 145 Å². The van der Waals surface area contributed by atoms with Gasteiger partial charge in [-0.05, 0) is 39.3 Å². The van der Waals surface area contributed by atoms with E-state index in [9.17, 15) is 5.11 Å². The van der Waals surface area contributed by atoms with Crippen LogP contribution in [0, 0.1) is 0 Å². The lowest BCUT2D eigenvalue weighted by atomic mass is 10.2. The van der Waals surface area contributed by atoms with Crippen LogP contribution in [-0.2, 0) is 11.3 Å². The van der Waals surface area contributed by atoms with E-state index in [1.807, 2.05) is 24.3 Å². The number of halogens is 1. The van der Waals surface area contributed by atoms with Crippen molar-refractivity contribution in [3.05, 3.63) is 34.9 Å². The maximum Gasteiger partial charge on any atom is 0.0897 e. The molecular weight excluding hydrogens is 312 g/mol. The number of hydrogen-bond acceptors (Lipinski definition) is 4. The SMILES string of the molecule is CC(C)N(CCNC[C@@H](O)COCc1ccccc1Cl)C(C)C. The topological polar surface area (TPSA) is 44.7 Å². The molecule has 0 unspecified atom stereocenters. The summed E-state index contributed by atoms with van der Waals surface area (Å²) in [5.41, 5.74) is 0.943. The highest BCUT2D eigenvalue weighted by Gasteiger charge is 2.12. The Kier molecular flexibility index (Phi) is 9.75. The minimum Gasteiger partial charge on any atom is -0.389 e. The zero-order valence-corrected chi connectivity index (χ0v) is 15.5. The largest absolute Gasteiger partial charge is 0.389 e. The Hall–Kier alpha value is -0.650. The first kappa shape index (κ1) is 20.4. The van der Waals surface area contributed by atoms with E-state index in [-0.39, 0.29) is 0 Å². The Balaban J connectivity index is 2.15. The summed E-state index contributed by atoms with van der Waals surface area (Å²) < 4.78 is 5.53. The van der Waals surface area contributed by atoms with Crippen LogP contribution in [0.5, 0.6) is 0 Å². The predicted octanol–water partition coefficient (Wildman–Crippen LogP) is 2.93. The zero-order valence-electron chi connectivity index (χ0n) is 14.8. The van der Waals surface area contributed by atoms with Gasteiger partial charge in [0.2, 0.25) is 0 Å². The molecule has 0 radical (unpaired) electrons. The highest BCUT2D eigenvalue weighted by molar-refractivity contribution is 6.31. The second kappa shape index (κ2) is 11.0. The van der Waals surface area contributed by atoms with Crippen molar-refractivity contribution in [1.82, 2.24) is 10.2 Å². The molecule has 2 N–H and O–H groups in total. The van der Waals surface area contributed by atoms with Crippen molar-refractivity contribution in [1.29, 1.82) is 0 Å². The number of hydrogen-bond donors (Lipinski definition) is 2. The van der Waals surface area contributed by atoms with E-state index in [2.05, 4.69) is 37.9 Å². The fourth-order valence-corrected chi connectivity index (χ4v) is 2.76. The van der Waals surface area contributed by atoms with Crippen LogP contribution in [0.2, 0.25) is 5.02 Å². The van der Waals surface area contributed by atoms with Gasteiger partial charge in [-0.2, -0.15) is 0 Å². The molecule has 0 amide bonds. The molecule has 1 atom stereocenters. The fraction of sp³-hybridized carbons (Fsp3) is 0.667. The quantitative estimate of drug-likeness (QED) is 0.607. The van der Waals surface area contributed by atoms with Crippen LogP contribution in [0.1, 0.15) is 33.3 Å². The molecule has 0 spiro atoms. The van der Waals surface area contributed by atoms with Crippen molar-refractivity contribution in [2.45, 2.75) is 52.5 Å². The van der Waals surface area contributed by atoms with Crippen LogP contribution in [0.3, 0.4) is 0 Å². The summed E-state index contributed by atoms with van der Waals surface area (Å²) in [6.07, 6.45) is -0.510. The highest BCUT2D eigenvalue weighted by atomic mass is 35.5. The normalized spacial score (nSPS) is 13.3. The monoisotopic (exact) mass is 342 g/mol. The first-order valence-electron chi connectivity index (χ1n) is 8.37. The number of nitrogens with zero attached hydrogens (tertiary/aromatic N) is 1. The van der Waals surface area contributed by atoms with E-state index in [0.717, 1.165) is 18.7 Å². The molecule has 0 aromatic heterocycles. The standard InChI is InChI=1S/C18H31ClN2O2/c1-14(2)21(15(3)4)10-9-20-11-17(22)13-23-12-16-7-5-6-8-18(16)19/h5-8,14-15,17,20,22H,9-13H2,1-4H3/t17-/m1/s1. The first-order valence-corrected chi connectivity index (χ1v) is 8.75. The van der Waals surface area contributed by atoms with E-state index >= 15 is 0 Å². The van der Waals surface area contributed by atoms with Crippen LogP contribution in [0.25, 0.3) is 0 Å². The van der Waals surface area contributed by atoms with Gasteiger partial charge in [-0.1, -0.05) is 29.8 Å². The number of rotatable bonds is 11. The third kappa shape index (κ3) is 8.13. The van der Waals surface area contributed by atoms with Crippen LogP contribution in [0.4, 0.5) is 0 Å². The summed E-state index contributed by atoms with van der Waals surface area (Å²) in [4.78, 5) is 2.42. The Morgan fingerprint density at radius 3 is 2.43 bits per heavy atom. The van der Waals surface area contributed by atoms with Crippen molar-refractivity contribution in [3.8, 4) is 0 Å². The molecule has 0 aliphatic rings. The van der Waals surface area contributed by atoms with Gasteiger partial charge in [0.15, 0.2) is 0 Å². The maximum atomic E-state index is 9.95. The lowest BCUT2D eigenvalue weighted by Crippen LogP contribution is -2.42. The maximum absolute atomic E-state index is 9.95. The van der Waals surface area contributed by atoms with E-state index in [1.165, 1.54) is 0 Å². The summed E-state index contributed by atoms with van der Waals surface area (Å²) in [7, 11) is 0. The van der Waals surface area contributed by atoms with Gasteiger partial charge in [-0.3, -0.25) is 4.90 Å². The molecule has 0 aliphatic heterocycles. The Morgan fingerprint density at radius 2 is 1.83 bits per heavy atom. The molecular formula is C18H31ClN2O2. The van der Waals surface area contributed by atoms with Crippen molar-refractivity contribution in [2.75, 3.05) is 26.2 Å². The van der Waals surface area contributed by atoms with Crippen molar-refractivity contribution < 1.29 is 9.84 Å². The molecule has 0 fully saturated rings. The minimum absolute atomic E-state index is 0.302. The lowest BCUT2D eigenvalue weighted by molar-refractivity contribution is 0.0284. The molecule has 0 heterocycles. The number of ether oxygens (including phenoxy) is 1. The number of nitrogens with one attached hydrogen (secondary N) is 1. The second-order valence-electron chi connectivity index (χ2n) is 6.39. The van der Waals surface area contributed by atoms with Gasteiger partial charge in [-0.25, -0.2) is 0 Å². The first-order chi connectivity index (χ1) is 10.9. The molecule has 0 bridgehead atoms. The van der Waals surface area contributed by atoms with Crippen LogP contribution < -0.4 is 5.32 Å². The molecule has 5 heteroatoms. The van der Waals surface area contributed by atoms with Gasteiger partial charge in [0.1, 0.15) is 0 Å². The molecule has 0 saturated carbocycles. The number of benzene rings is 1. The summed E-state index contributed by atoms with van der Waals surface area (Å²) in [5.74, 6) is 0. The van der Waals surface area contributed by atoms with Gasteiger partial charge in [0.25, 0.3) is 0 Å². The molecule has 1 rings (SSSR count). The van der Waals surface area contributed by atoms with Gasteiger partial charge >= 0.3 is 0 Å². The average Bonchev–Trinajstić information content (AvgIpc) is 2.48. The van der Waals surface area contributed by atoms with Crippen molar-refractivity contribution >= 4 is 11.6 Å². The highest BCUT2D eigenvalue weighted by Crippen LogP contribution is 2.15. The van der Waals surface area contributed by atoms with Crippen molar-refractivity contribution in [3.63, 3.8) is 0 Å². The van der Waals surface area contributed by atoms with E-state index in [4.69, 9.17) is 16.3 Å². The van der Waals surface area contributed by atoms with Crippen LogP contribution in [0.15, 0.2) is 24.3 Å². The molecule has 0 saturated heterocycles. The molecule has 132 valence electrons. The van der Waals surface area contributed by atoms with Gasteiger partial charge in [-0.15, -0.1) is 0 Å². The van der Waals surface area contributed by atoms with Crippen molar-refractivity contribution in [2.24, 2.45) is 0 Å². The van der Waals surface area contributed by atoms with Gasteiger partial charge < -0.3 is 15.2 Å². The Bertz CT molecular complexity index is 433. The fourth-order valence-electron chi connectivity index (χ4n) is 2.57. The Morgan fingerprint density at radius 1 is 1.17 bits per heavy atom. The molecule has 1 aromatic rings. The number of aliphatic hydroxyl groups is 1. The summed E-state index contributed by atoms with van der Waals surface area (Å²) in [6, 6.07) is 8.65. The number of aliphatic hydroxyl groups excluding tert-OH is 1. The van der Waals surface area contributed by atoms with E-state index in [0.29, 0.717) is 36.9 Å². The molecule has 23 heavy (non-hydrogen) atoms. The molecule has 0 aliphatic carbocycles. The average molecular weight is 343 g/mol. The summed E-state index contributed by atoms with van der Waals surface area (Å²) in [6.45, 7) is 11.9. The second-order valence-corrected chi connectivity index (χ2v) is 6.80. The lowest BCUT2D eigenvalue weighted by Gasteiger charge is -2.30. The zero-order chi connectivity index (χ0) is 17.2. The van der Waals surface area contributed by atoms with E-state index in [1.54, 1.807) is 0 Å². The van der Waals surface area contributed by atoms with E-state index < -0.39 is 6.10 Å². The minimum atomic E-state index is -0.510. The predicted molar refractivity (Wildman–Crippen MR) is 97.0 cm³/mol. The van der Waals surface area contributed by atoms with Gasteiger partial charge in [0.05, 0.1) is 19.3 Å².